The predicted octanol–water partition coefficient (Wildman–Crippen LogP) is 0.846. The second kappa shape index (κ2) is 4.45. The Bertz CT molecular complexity index is 588. The monoisotopic (exact) mass is 278 g/mol. The van der Waals surface area contributed by atoms with E-state index in [1.165, 1.54) is 0 Å². The van der Waals surface area contributed by atoms with Crippen molar-refractivity contribution in [2.24, 2.45) is 0 Å². The first kappa shape index (κ1) is 12.9. The zero-order valence-corrected chi connectivity index (χ0v) is 11.2. The quantitative estimate of drug-likeness (QED) is 0.556. The van der Waals surface area contributed by atoms with Gasteiger partial charge < -0.3 is 14.0 Å². The summed E-state index contributed by atoms with van der Waals surface area (Å²) in [6.07, 6.45) is 2.92. The van der Waals surface area contributed by atoms with Gasteiger partial charge in [-0.3, -0.25) is 0 Å². The Balaban J connectivity index is 1.85. The zero-order chi connectivity index (χ0) is 14.3. The Kier molecular flexibility index (Phi) is 2.86. The molecule has 0 N–H and O–H groups in total. The van der Waals surface area contributed by atoms with Crippen LogP contribution in [0.2, 0.25) is 0 Å². The van der Waals surface area contributed by atoms with Crippen LogP contribution in [-0.4, -0.2) is 41.5 Å². The molecule has 20 heavy (non-hydrogen) atoms. The molecule has 1 aromatic heterocycles. The van der Waals surface area contributed by atoms with Gasteiger partial charge in [0.1, 0.15) is 0 Å². The van der Waals surface area contributed by atoms with Gasteiger partial charge in [-0.1, -0.05) is 10.7 Å². The summed E-state index contributed by atoms with van der Waals surface area (Å²) < 4.78 is 15.4. The number of ether oxygens (including phenoxy) is 2. The van der Waals surface area contributed by atoms with Gasteiger partial charge in [0.2, 0.25) is 0 Å². The van der Waals surface area contributed by atoms with E-state index >= 15 is 0 Å². The van der Waals surface area contributed by atoms with Gasteiger partial charge >= 0.3 is 17.8 Å². The van der Waals surface area contributed by atoms with Crippen molar-refractivity contribution in [2.45, 2.75) is 25.7 Å². The molecule has 3 heterocycles. The number of piperidine rings is 1. The summed E-state index contributed by atoms with van der Waals surface area (Å²) >= 11 is 0. The summed E-state index contributed by atoms with van der Waals surface area (Å²) in [6.45, 7) is 2.45. The lowest BCUT2D eigenvalue weighted by Crippen LogP contribution is -2.51. The van der Waals surface area contributed by atoms with Gasteiger partial charge in [0.15, 0.2) is 5.76 Å². The molecule has 0 aliphatic carbocycles. The molecule has 3 rings (SSSR count). The van der Waals surface area contributed by atoms with Crippen LogP contribution >= 0.6 is 0 Å². The number of esters is 2. The van der Waals surface area contributed by atoms with Crippen LogP contribution in [0.15, 0.2) is 16.2 Å². The van der Waals surface area contributed by atoms with Gasteiger partial charge in [-0.2, -0.15) is 0 Å². The molecule has 0 bridgehead atoms. The largest absolute Gasteiger partial charge is 0.421 e. The lowest BCUT2D eigenvalue weighted by molar-refractivity contribution is -0.248. The molecule has 2 aliphatic rings. The summed E-state index contributed by atoms with van der Waals surface area (Å²) in [5.74, 6) is -2.58. The maximum atomic E-state index is 11.3. The first-order valence-electron chi connectivity index (χ1n) is 6.29. The van der Waals surface area contributed by atoms with E-state index in [0.717, 1.165) is 17.7 Å². The van der Waals surface area contributed by atoms with E-state index in [0.29, 0.717) is 18.7 Å². The normalized spacial score (nSPS) is 24.2. The molecule has 1 aromatic rings. The van der Waals surface area contributed by atoms with Gasteiger partial charge in [-0.25, -0.2) is 14.5 Å². The van der Waals surface area contributed by atoms with E-state index in [4.69, 9.17) is 14.0 Å². The molecule has 106 valence electrons. The maximum Gasteiger partial charge on any atom is 0.421 e. The zero-order valence-electron chi connectivity index (χ0n) is 11.2. The van der Waals surface area contributed by atoms with Gasteiger partial charge in [-0.15, -0.1) is 0 Å². The van der Waals surface area contributed by atoms with Gasteiger partial charge in [-0.05, 0) is 26.5 Å². The summed E-state index contributed by atoms with van der Waals surface area (Å²) in [5, 5.41) is 3.81. The molecular formula is C13H14N2O5. The minimum atomic E-state index is -1.31. The summed E-state index contributed by atoms with van der Waals surface area (Å²) in [4.78, 5) is 24.3. The average Bonchev–Trinajstić information content (AvgIpc) is 2.90. The van der Waals surface area contributed by atoms with E-state index in [-0.39, 0.29) is 0 Å². The number of aryl methyl sites for hydroxylation is 1. The number of likely N-dealkylation sites (tertiary alicyclic amines) is 1. The van der Waals surface area contributed by atoms with Crippen LogP contribution in [0, 0.1) is 6.92 Å². The number of hydrogen-bond acceptors (Lipinski definition) is 7. The molecular weight excluding hydrogens is 264 g/mol. The molecule has 2 saturated heterocycles. The average molecular weight is 278 g/mol. The van der Waals surface area contributed by atoms with Crippen LogP contribution in [0.5, 0.6) is 0 Å². The van der Waals surface area contributed by atoms with Gasteiger partial charge in [0.25, 0.3) is 0 Å². The smallest absolute Gasteiger partial charge is 0.399 e. The molecule has 0 aromatic carbocycles. The van der Waals surface area contributed by atoms with Crippen molar-refractivity contribution in [1.82, 2.24) is 10.1 Å². The summed E-state index contributed by atoms with van der Waals surface area (Å²) in [6, 6.07) is 1.81. The molecule has 0 saturated carbocycles. The highest BCUT2D eigenvalue weighted by molar-refractivity contribution is 6.31. The minimum Gasteiger partial charge on any atom is -0.399 e. The van der Waals surface area contributed by atoms with Crippen LogP contribution < -0.4 is 0 Å². The fourth-order valence-electron chi connectivity index (χ4n) is 2.39. The molecule has 0 unspecified atom stereocenters. The van der Waals surface area contributed by atoms with Gasteiger partial charge in [0, 0.05) is 12.6 Å². The highest BCUT2D eigenvalue weighted by Gasteiger charge is 2.53. The topological polar surface area (TPSA) is 81.9 Å². The Labute approximate surface area is 115 Å². The Morgan fingerprint density at radius 3 is 2.65 bits per heavy atom. The van der Waals surface area contributed by atoms with E-state index in [1.54, 1.807) is 11.9 Å². The standard InChI is InChI=1S/C13H14N2O5/c1-8-5-10(20-14-8)6-9-3-4-15(2)13(7-9)18-11(16)12(17)19-13/h5-6H,3-4,7H2,1-2H3/b9-6+. The van der Waals surface area contributed by atoms with Crippen LogP contribution in [0.25, 0.3) is 6.08 Å². The summed E-state index contributed by atoms with van der Waals surface area (Å²) in [5.41, 5.74) is 1.76. The first-order chi connectivity index (χ1) is 9.48. The van der Waals surface area contributed by atoms with Crippen molar-refractivity contribution in [3.8, 4) is 0 Å². The Morgan fingerprint density at radius 2 is 2.05 bits per heavy atom. The molecule has 7 nitrogen and oxygen atoms in total. The first-order valence-corrected chi connectivity index (χ1v) is 6.29. The molecule has 0 amide bonds. The van der Waals surface area contributed by atoms with Crippen LogP contribution in [0.3, 0.4) is 0 Å². The fourth-order valence-corrected chi connectivity index (χ4v) is 2.39. The van der Waals surface area contributed by atoms with Crippen molar-refractivity contribution in [3.05, 3.63) is 23.1 Å². The highest BCUT2D eigenvalue weighted by atomic mass is 16.8. The fraction of sp³-hybridized carbons (Fsp3) is 0.462. The summed E-state index contributed by atoms with van der Waals surface area (Å²) in [7, 11) is 1.75. The number of carbonyl (C=O) groups excluding carboxylic acids is 2. The van der Waals surface area contributed by atoms with Gasteiger partial charge in [0.05, 0.1) is 12.1 Å². The second-order valence-electron chi connectivity index (χ2n) is 5.01. The Morgan fingerprint density at radius 1 is 1.35 bits per heavy atom. The lowest BCUT2D eigenvalue weighted by atomic mass is 10.00. The van der Waals surface area contributed by atoms with Crippen molar-refractivity contribution >= 4 is 18.0 Å². The van der Waals surface area contributed by atoms with Crippen LogP contribution in [0.4, 0.5) is 0 Å². The van der Waals surface area contributed by atoms with E-state index in [2.05, 4.69) is 5.16 Å². The predicted molar refractivity (Wildman–Crippen MR) is 66.0 cm³/mol. The third-order valence-corrected chi connectivity index (χ3v) is 3.46. The van der Waals surface area contributed by atoms with E-state index in [9.17, 15) is 9.59 Å². The number of carbonyl (C=O) groups is 2. The minimum absolute atomic E-state index is 0.306. The second-order valence-corrected chi connectivity index (χ2v) is 5.01. The highest BCUT2D eigenvalue weighted by Crippen LogP contribution is 2.37. The molecule has 7 heteroatoms. The molecule has 2 aliphatic heterocycles. The van der Waals surface area contributed by atoms with Crippen molar-refractivity contribution < 1.29 is 23.6 Å². The van der Waals surface area contributed by atoms with Crippen molar-refractivity contribution in [2.75, 3.05) is 13.6 Å². The molecule has 0 atom stereocenters. The number of hydrogen-bond donors (Lipinski definition) is 0. The lowest BCUT2D eigenvalue weighted by Gasteiger charge is -2.38. The number of rotatable bonds is 1. The third-order valence-electron chi connectivity index (χ3n) is 3.46. The Hall–Kier alpha value is -2.15. The number of aromatic nitrogens is 1. The van der Waals surface area contributed by atoms with Crippen LogP contribution in [-0.2, 0) is 19.1 Å². The van der Waals surface area contributed by atoms with Crippen molar-refractivity contribution in [1.29, 1.82) is 0 Å². The molecule has 1 spiro atoms. The SMILES string of the molecule is Cc1cc(/C=C2\CCN(C)C3(C2)OC(=O)C(=O)O3)on1. The molecule has 0 radical (unpaired) electrons. The maximum absolute atomic E-state index is 11.3. The van der Waals surface area contributed by atoms with Crippen molar-refractivity contribution in [3.63, 3.8) is 0 Å². The van der Waals surface area contributed by atoms with Crippen LogP contribution in [0.1, 0.15) is 24.3 Å². The third kappa shape index (κ3) is 2.09. The van der Waals surface area contributed by atoms with E-state index < -0.39 is 17.8 Å². The number of nitrogens with zero attached hydrogens (tertiary/aromatic N) is 2. The molecule has 2 fully saturated rings. The van der Waals surface area contributed by atoms with E-state index in [1.807, 2.05) is 19.1 Å².